The van der Waals surface area contributed by atoms with Crippen molar-refractivity contribution in [1.29, 1.82) is 5.41 Å². The first-order chi connectivity index (χ1) is 5.93. The van der Waals surface area contributed by atoms with Crippen molar-refractivity contribution in [2.75, 3.05) is 0 Å². The van der Waals surface area contributed by atoms with E-state index in [9.17, 15) is 5.11 Å². The molecular formula is C11H15NO. The predicted octanol–water partition coefficient (Wildman–Crippen LogP) is 2.30. The van der Waals surface area contributed by atoms with Gasteiger partial charge in [0, 0.05) is 11.3 Å². The topological polar surface area (TPSA) is 44.1 Å². The van der Waals surface area contributed by atoms with E-state index in [1.807, 2.05) is 24.3 Å². The Morgan fingerprint density at radius 1 is 1.31 bits per heavy atom. The van der Waals surface area contributed by atoms with Crippen LogP contribution in [0.5, 0.6) is 0 Å². The first-order valence-electron chi connectivity index (χ1n) is 4.30. The fourth-order valence-electron chi connectivity index (χ4n) is 1.34. The Hall–Kier alpha value is -1.15. The van der Waals surface area contributed by atoms with Gasteiger partial charge in [0.1, 0.15) is 0 Å². The highest BCUT2D eigenvalue weighted by atomic mass is 16.3. The molecule has 1 aromatic carbocycles. The summed E-state index contributed by atoms with van der Waals surface area (Å²) in [7, 11) is 0. The van der Waals surface area contributed by atoms with Crippen LogP contribution in [0.25, 0.3) is 0 Å². The van der Waals surface area contributed by atoms with Crippen LogP contribution >= 0.6 is 0 Å². The molecule has 70 valence electrons. The summed E-state index contributed by atoms with van der Waals surface area (Å²) in [6.07, 6.45) is 0. The second-order valence-electron chi connectivity index (χ2n) is 3.73. The molecule has 0 heterocycles. The maximum atomic E-state index is 9.82. The fourth-order valence-corrected chi connectivity index (χ4v) is 1.34. The van der Waals surface area contributed by atoms with Crippen LogP contribution in [0.1, 0.15) is 31.9 Å². The SMILES string of the molecule is CC(=N)c1ccccc1C(C)(C)O. The van der Waals surface area contributed by atoms with E-state index in [1.54, 1.807) is 20.8 Å². The van der Waals surface area contributed by atoms with E-state index < -0.39 is 5.60 Å². The summed E-state index contributed by atoms with van der Waals surface area (Å²) in [6.45, 7) is 5.19. The van der Waals surface area contributed by atoms with Gasteiger partial charge in [-0.05, 0) is 26.3 Å². The average molecular weight is 177 g/mol. The lowest BCUT2D eigenvalue weighted by Gasteiger charge is -2.21. The maximum absolute atomic E-state index is 9.82. The lowest BCUT2D eigenvalue weighted by molar-refractivity contribution is 0.0784. The molecule has 1 rings (SSSR count). The van der Waals surface area contributed by atoms with Crippen molar-refractivity contribution in [1.82, 2.24) is 0 Å². The standard InChI is InChI=1S/C11H15NO/c1-8(12)9-6-4-5-7-10(9)11(2,3)13/h4-7,12-13H,1-3H3. The van der Waals surface area contributed by atoms with Crippen molar-refractivity contribution in [2.45, 2.75) is 26.4 Å². The quantitative estimate of drug-likeness (QED) is 0.669. The van der Waals surface area contributed by atoms with Gasteiger partial charge in [0.05, 0.1) is 5.60 Å². The summed E-state index contributed by atoms with van der Waals surface area (Å²) in [6, 6.07) is 7.46. The molecule has 0 amide bonds. The second kappa shape index (κ2) is 3.30. The molecule has 0 aliphatic carbocycles. The highest BCUT2D eigenvalue weighted by Gasteiger charge is 2.19. The minimum atomic E-state index is -0.876. The monoisotopic (exact) mass is 177 g/mol. The minimum absolute atomic E-state index is 0.484. The summed E-state index contributed by atoms with van der Waals surface area (Å²) in [5.41, 5.74) is 1.23. The Morgan fingerprint density at radius 3 is 2.23 bits per heavy atom. The smallest absolute Gasteiger partial charge is 0.0846 e. The Labute approximate surface area is 78.7 Å². The molecule has 2 nitrogen and oxygen atoms in total. The first kappa shape index (κ1) is 9.93. The molecule has 0 aliphatic heterocycles. The van der Waals surface area contributed by atoms with Gasteiger partial charge in [-0.2, -0.15) is 0 Å². The van der Waals surface area contributed by atoms with Gasteiger partial charge in [-0.25, -0.2) is 0 Å². The molecule has 0 spiro atoms. The molecule has 0 aliphatic rings. The highest BCUT2D eigenvalue weighted by Crippen LogP contribution is 2.23. The second-order valence-corrected chi connectivity index (χ2v) is 3.73. The van der Waals surface area contributed by atoms with Crippen molar-refractivity contribution >= 4 is 5.71 Å². The summed E-state index contributed by atoms with van der Waals surface area (Å²) >= 11 is 0. The molecule has 0 atom stereocenters. The molecule has 2 N–H and O–H groups in total. The lowest BCUT2D eigenvalue weighted by atomic mass is 9.91. The van der Waals surface area contributed by atoms with Crippen molar-refractivity contribution in [3.8, 4) is 0 Å². The van der Waals surface area contributed by atoms with Crippen molar-refractivity contribution in [3.63, 3.8) is 0 Å². The molecule has 0 radical (unpaired) electrons. The molecular weight excluding hydrogens is 162 g/mol. The molecule has 2 heteroatoms. The summed E-state index contributed by atoms with van der Waals surface area (Å²) < 4.78 is 0. The van der Waals surface area contributed by atoms with E-state index in [-0.39, 0.29) is 0 Å². The van der Waals surface area contributed by atoms with Crippen LogP contribution in [0.3, 0.4) is 0 Å². The molecule has 1 aromatic rings. The maximum Gasteiger partial charge on any atom is 0.0846 e. The zero-order chi connectivity index (χ0) is 10.1. The number of aliphatic hydroxyl groups is 1. The van der Waals surface area contributed by atoms with Crippen LogP contribution < -0.4 is 0 Å². The zero-order valence-electron chi connectivity index (χ0n) is 8.26. The van der Waals surface area contributed by atoms with Gasteiger partial charge in [0.2, 0.25) is 0 Å². The van der Waals surface area contributed by atoms with Crippen molar-refractivity contribution in [3.05, 3.63) is 35.4 Å². The van der Waals surface area contributed by atoms with Crippen LogP contribution in [-0.2, 0) is 5.60 Å². The van der Waals surface area contributed by atoms with Crippen LogP contribution in [0.2, 0.25) is 0 Å². The summed E-state index contributed by atoms with van der Waals surface area (Å²) in [5.74, 6) is 0. The summed E-state index contributed by atoms with van der Waals surface area (Å²) in [4.78, 5) is 0. The van der Waals surface area contributed by atoms with Gasteiger partial charge in [0.15, 0.2) is 0 Å². The highest BCUT2D eigenvalue weighted by molar-refractivity contribution is 5.97. The van der Waals surface area contributed by atoms with E-state index >= 15 is 0 Å². The van der Waals surface area contributed by atoms with E-state index in [1.165, 1.54) is 0 Å². The molecule has 0 aromatic heterocycles. The van der Waals surface area contributed by atoms with Crippen molar-refractivity contribution in [2.24, 2.45) is 0 Å². The van der Waals surface area contributed by atoms with Crippen LogP contribution in [-0.4, -0.2) is 10.8 Å². The average Bonchev–Trinajstić information content (AvgIpc) is 2.03. The Kier molecular flexibility index (Phi) is 2.52. The molecule has 0 unspecified atom stereocenters. The van der Waals surface area contributed by atoms with E-state index in [0.29, 0.717) is 5.71 Å². The van der Waals surface area contributed by atoms with Gasteiger partial charge in [0.25, 0.3) is 0 Å². The van der Waals surface area contributed by atoms with Gasteiger partial charge in [-0.3, -0.25) is 0 Å². The number of hydrogen-bond acceptors (Lipinski definition) is 2. The van der Waals surface area contributed by atoms with E-state index in [2.05, 4.69) is 0 Å². The first-order valence-corrected chi connectivity index (χ1v) is 4.30. The molecule has 0 saturated carbocycles. The van der Waals surface area contributed by atoms with E-state index in [0.717, 1.165) is 11.1 Å². The third-order valence-corrected chi connectivity index (χ3v) is 1.99. The van der Waals surface area contributed by atoms with Crippen LogP contribution in [0, 0.1) is 5.41 Å². The fraction of sp³-hybridized carbons (Fsp3) is 0.364. The zero-order valence-corrected chi connectivity index (χ0v) is 8.26. The van der Waals surface area contributed by atoms with E-state index in [4.69, 9.17) is 5.41 Å². The molecule has 0 fully saturated rings. The summed E-state index contributed by atoms with van der Waals surface area (Å²) in [5, 5.41) is 17.4. The number of hydrogen-bond donors (Lipinski definition) is 2. The van der Waals surface area contributed by atoms with Gasteiger partial charge >= 0.3 is 0 Å². The van der Waals surface area contributed by atoms with Crippen molar-refractivity contribution < 1.29 is 5.11 Å². The molecule has 13 heavy (non-hydrogen) atoms. The third-order valence-electron chi connectivity index (χ3n) is 1.99. The van der Waals surface area contributed by atoms with Gasteiger partial charge < -0.3 is 10.5 Å². The number of nitrogens with one attached hydrogen (secondary N) is 1. The Morgan fingerprint density at radius 2 is 1.85 bits per heavy atom. The predicted molar refractivity (Wildman–Crippen MR) is 54.2 cm³/mol. The number of benzene rings is 1. The minimum Gasteiger partial charge on any atom is -0.386 e. The lowest BCUT2D eigenvalue weighted by Crippen LogP contribution is -2.19. The van der Waals surface area contributed by atoms with Gasteiger partial charge in [-0.1, -0.05) is 24.3 Å². The molecule has 0 bridgehead atoms. The normalized spacial score (nSPS) is 11.4. The number of rotatable bonds is 2. The van der Waals surface area contributed by atoms with Crippen LogP contribution in [0.4, 0.5) is 0 Å². The largest absolute Gasteiger partial charge is 0.386 e. The molecule has 0 saturated heterocycles. The third kappa shape index (κ3) is 2.16. The van der Waals surface area contributed by atoms with Crippen LogP contribution in [0.15, 0.2) is 24.3 Å². The Balaban J connectivity index is 3.28. The van der Waals surface area contributed by atoms with Gasteiger partial charge in [-0.15, -0.1) is 0 Å². The Bertz CT molecular complexity index is 323.